The van der Waals surface area contributed by atoms with E-state index in [1.54, 1.807) is 0 Å². The number of nitriles is 1. The van der Waals surface area contributed by atoms with E-state index in [-0.39, 0.29) is 28.2 Å². The van der Waals surface area contributed by atoms with E-state index in [0.717, 1.165) is 30.6 Å². The Balaban J connectivity index is 2.14. The quantitative estimate of drug-likeness (QED) is 0.724. The maximum absolute atomic E-state index is 13.7. The number of aromatic amines is 1. The fourth-order valence-electron chi connectivity index (χ4n) is 2.53. The van der Waals surface area contributed by atoms with Gasteiger partial charge in [0.2, 0.25) is 0 Å². The van der Waals surface area contributed by atoms with Gasteiger partial charge in [-0.3, -0.25) is 4.98 Å². The molecule has 1 N–H and O–H groups in total. The number of nitrogens with zero attached hydrogens (tertiary/aromatic N) is 3. The van der Waals surface area contributed by atoms with Crippen LogP contribution >= 0.6 is 0 Å². The van der Waals surface area contributed by atoms with Gasteiger partial charge in [0.15, 0.2) is 0 Å². The molecule has 0 saturated heterocycles. The van der Waals surface area contributed by atoms with Gasteiger partial charge in [0, 0.05) is 6.20 Å². The number of hydrogen-bond acceptors (Lipinski definition) is 3. The molecule has 8 heteroatoms. The number of H-pyrrole nitrogens is 1. The Kier molecular flexibility index (Phi) is 4.23. The second kappa shape index (κ2) is 6.36. The SMILES string of the molecule is N#Cc1ccnc(-c2nc[nH]c2C(c2ccc(F)cc2)C(F)(F)F)c1. The topological polar surface area (TPSA) is 65.4 Å². The van der Waals surface area contributed by atoms with Crippen LogP contribution < -0.4 is 0 Å². The van der Waals surface area contributed by atoms with Crippen molar-refractivity contribution in [3.8, 4) is 17.5 Å². The molecule has 2 heterocycles. The molecule has 1 aromatic carbocycles. The van der Waals surface area contributed by atoms with Crippen LogP contribution in [0.4, 0.5) is 17.6 Å². The van der Waals surface area contributed by atoms with E-state index < -0.39 is 17.9 Å². The molecule has 25 heavy (non-hydrogen) atoms. The summed E-state index contributed by atoms with van der Waals surface area (Å²) in [4.78, 5) is 10.5. The molecule has 0 aliphatic rings. The van der Waals surface area contributed by atoms with Gasteiger partial charge < -0.3 is 4.98 Å². The Labute approximate surface area is 139 Å². The lowest BCUT2D eigenvalue weighted by Crippen LogP contribution is -2.23. The maximum atomic E-state index is 13.7. The molecular formula is C17H10F4N4. The van der Waals surface area contributed by atoms with E-state index in [2.05, 4.69) is 15.0 Å². The fraction of sp³-hybridized carbons (Fsp3) is 0.118. The number of hydrogen-bond donors (Lipinski definition) is 1. The lowest BCUT2D eigenvalue weighted by atomic mass is 9.93. The highest BCUT2D eigenvalue weighted by Gasteiger charge is 2.44. The lowest BCUT2D eigenvalue weighted by molar-refractivity contribution is -0.141. The van der Waals surface area contributed by atoms with Crippen LogP contribution in [0.15, 0.2) is 48.9 Å². The van der Waals surface area contributed by atoms with Crippen LogP contribution in [0.25, 0.3) is 11.4 Å². The third-order valence-corrected chi connectivity index (χ3v) is 3.62. The number of halogens is 4. The van der Waals surface area contributed by atoms with Crippen molar-refractivity contribution in [3.05, 3.63) is 71.6 Å². The Morgan fingerprint density at radius 2 is 1.80 bits per heavy atom. The van der Waals surface area contributed by atoms with Gasteiger partial charge >= 0.3 is 6.18 Å². The third-order valence-electron chi connectivity index (χ3n) is 3.62. The summed E-state index contributed by atoms with van der Waals surface area (Å²) >= 11 is 0. The molecule has 0 aliphatic carbocycles. The summed E-state index contributed by atoms with van der Waals surface area (Å²) in [5.41, 5.74) is 0.0391. The molecule has 0 aliphatic heterocycles. The summed E-state index contributed by atoms with van der Waals surface area (Å²) in [5, 5.41) is 8.95. The highest BCUT2D eigenvalue weighted by atomic mass is 19.4. The minimum absolute atomic E-state index is 0.0104. The van der Waals surface area contributed by atoms with Crippen molar-refractivity contribution in [2.75, 3.05) is 0 Å². The zero-order valence-electron chi connectivity index (χ0n) is 12.5. The molecule has 0 bridgehead atoms. The average molecular weight is 346 g/mol. The lowest BCUT2D eigenvalue weighted by Gasteiger charge is -2.20. The Hall–Kier alpha value is -3.21. The van der Waals surface area contributed by atoms with Crippen LogP contribution in [0.5, 0.6) is 0 Å². The minimum atomic E-state index is -4.63. The van der Waals surface area contributed by atoms with Crippen LogP contribution in [-0.2, 0) is 0 Å². The first-order valence-corrected chi connectivity index (χ1v) is 7.12. The molecule has 0 amide bonds. The van der Waals surface area contributed by atoms with Crippen LogP contribution in [0.2, 0.25) is 0 Å². The fourth-order valence-corrected chi connectivity index (χ4v) is 2.53. The molecule has 0 saturated carbocycles. The maximum Gasteiger partial charge on any atom is 0.401 e. The Morgan fingerprint density at radius 1 is 1.08 bits per heavy atom. The summed E-state index contributed by atoms with van der Waals surface area (Å²) in [6, 6.07) is 8.81. The van der Waals surface area contributed by atoms with E-state index in [1.165, 1.54) is 18.3 Å². The number of benzene rings is 1. The summed E-state index contributed by atoms with van der Waals surface area (Å²) in [5.74, 6) is -2.66. The summed E-state index contributed by atoms with van der Waals surface area (Å²) in [6.07, 6.45) is -2.17. The summed E-state index contributed by atoms with van der Waals surface area (Å²) in [7, 11) is 0. The number of imidazole rings is 1. The molecular weight excluding hydrogens is 336 g/mol. The largest absolute Gasteiger partial charge is 0.401 e. The van der Waals surface area contributed by atoms with E-state index in [0.29, 0.717) is 0 Å². The summed E-state index contributed by atoms with van der Waals surface area (Å²) in [6.45, 7) is 0. The van der Waals surface area contributed by atoms with Crippen LogP contribution in [0.1, 0.15) is 22.7 Å². The zero-order valence-corrected chi connectivity index (χ0v) is 12.5. The molecule has 2 aromatic heterocycles. The zero-order chi connectivity index (χ0) is 18.0. The monoisotopic (exact) mass is 346 g/mol. The number of aromatic nitrogens is 3. The Morgan fingerprint density at radius 3 is 2.44 bits per heavy atom. The van der Waals surface area contributed by atoms with Crippen molar-refractivity contribution < 1.29 is 17.6 Å². The molecule has 4 nitrogen and oxygen atoms in total. The van der Waals surface area contributed by atoms with Crippen LogP contribution in [0.3, 0.4) is 0 Å². The molecule has 1 atom stereocenters. The van der Waals surface area contributed by atoms with Gasteiger partial charge in [-0.05, 0) is 29.8 Å². The molecule has 0 radical (unpaired) electrons. The van der Waals surface area contributed by atoms with Crippen molar-refractivity contribution >= 4 is 0 Å². The highest BCUT2D eigenvalue weighted by Crippen LogP contribution is 2.42. The third kappa shape index (κ3) is 3.35. The first-order chi connectivity index (χ1) is 11.9. The van der Waals surface area contributed by atoms with Crippen molar-refractivity contribution in [1.82, 2.24) is 15.0 Å². The van der Waals surface area contributed by atoms with Gasteiger partial charge in [-0.15, -0.1) is 0 Å². The average Bonchev–Trinajstić information content (AvgIpc) is 3.05. The number of alkyl halides is 3. The normalized spacial score (nSPS) is 12.6. The predicted molar refractivity (Wildman–Crippen MR) is 80.8 cm³/mol. The van der Waals surface area contributed by atoms with Gasteiger partial charge in [-0.25, -0.2) is 9.37 Å². The van der Waals surface area contributed by atoms with Gasteiger partial charge in [0.1, 0.15) is 17.4 Å². The van der Waals surface area contributed by atoms with Crippen molar-refractivity contribution in [1.29, 1.82) is 5.26 Å². The van der Waals surface area contributed by atoms with E-state index in [1.807, 2.05) is 6.07 Å². The molecule has 3 rings (SSSR count). The second-order valence-electron chi connectivity index (χ2n) is 5.23. The molecule has 0 spiro atoms. The van der Waals surface area contributed by atoms with E-state index in [4.69, 9.17) is 5.26 Å². The number of nitrogens with one attached hydrogen (secondary N) is 1. The van der Waals surface area contributed by atoms with Crippen molar-refractivity contribution in [2.45, 2.75) is 12.1 Å². The minimum Gasteiger partial charge on any atom is -0.347 e. The van der Waals surface area contributed by atoms with Crippen LogP contribution in [-0.4, -0.2) is 21.1 Å². The molecule has 126 valence electrons. The molecule has 0 fully saturated rings. The van der Waals surface area contributed by atoms with Gasteiger partial charge in [0.05, 0.1) is 29.3 Å². The highest BCUT2D eigenvalue weighted by molar-refractivity contribution is 5.61. The van der Waals surface area contributed by atoms with E-state index >= 15 is 0 Å². The Bertz CT molecular complexity index is 923. The number of rotatable bonds is 3. The van der Waals surface area contributed by atoms with Crippen molar-refractivity contribution in [3.63, 3.8) is 0 Å². The standard InChI is InChI=1S/C17H10F4N4/c18-12-3-1-11(2-4-12)14(17(19,20)21)16-15(24-9-25-16)13-7-10(8-22)5-6-23-13/h1-7,9,14H,(H,24,25). The smallest absolute Gasteiger partial charge is 0.347 e. The van der Waals surface area contributed by atoms with E-state index in [9.17, 15) is 17.6 Å². The van der Waals surface area contributed by atoms with Gasteiger partial charge in [0.25, 0.3) is 0 Å². The number of pyridine rings is 1. The van der Waals surface area contributed by atoms with Gasteiger partial charge in [-0.1, -0.05) is 12.1 Å². The van der Waals surface area contributed by atoms with Crippen LogP contribution in [0, 0.1) is 17.1 Å². The predicted octanol–water partition coefficient (Wildman–Crippen LogP) is 4.18. The first kappa shape index (κ1) is 16.6. The second-order valence-corrected chi connectivity index (χ2v) is 5.23. The first-order valence-electron chi connectivity index (χ1n) is 7.12. The molecule has 1 unspecified atom stereocenters. The van der Waals surface area contributed by atoms with Gasteiger partial charge in [-0.2, -0.15) is 18.4 Å². The molecule has 3 aromatic rings. The van der Waals surface area contributed by atoms with Crippen molar-refractivity contribution in [2.24, 2.45) is 0 Å². The summed E-state index contributed by atoms with van der Waals surface area (Å²) < 4.78 is 54.2.